The van der Waals surface area contributed by atoms with Crippen LogP contribution >= 0.6 is 11.6 Å². The van der Waals surface area contributed by atoms with Gasteiger partial charge in [-0.3, -0.25) is 0 Å². The molecular formula is C10H11ClN2. The fourth-order valence-electron chi connectivity index (χ4n) is 1.48. The minimum atomic E-state index is 0.459. The van der Waals surface area contributed by atoms with Crippen LogP contribution in [0.25, 0.3) is 10.9 Å². The maximum absolute atomic E-state index is 5.79. The molecule has 3 heteroatoms. The number of nitrogens with zero attached hydrogens (tertiary/aromatic N) is 2. The Bertz CT molecular complexity index is 431. The van der Waals surface area contributed by atoms with Crippen LogP contribution in [0.1, 0.15) is 19.9 Å². The van der Waals surface area contributed by atoms with E-state index in [2.05, 4.69) is 35.7 Å². The Labute approximate surface area is 82.1 Å². The first-order valence-electron chi connectivity index (χ1n) is 4.30. The summed E-state index contributed by atoms with van der Waals surface area (Å²) in [7, 11) is 0. The molecule has 0 aliphatic carbocycles. The molecular weight excluding hydrogens is 184 g/mol. The minimum absolute atomic E-state index is 0.459. The van der Waals surface area contributed by atoms with Crippen molar-refractivity contribution in [2.45, 2.75) is 19.9 Å². The molecule has 0 bridgehead atoms. The van der Waals surface area contributed by atoms with Crippen molar-refractivity contribution >= 4 is 22.5 Å². The molecule has 0 atom stereocenters. The average Bonchev–Trinajstić information content (AvgIpc) is 2.46. The van der Waals surface area contributed by atoms with E-state index in [0.29, 0.717) is 11.2 Å². The van der Waals surface area contributed by atoms with Gasteiger partial charge in [-0.05, 0) is 26.0 Å². The lowest BCUT2D eigenvalue weighted by Gasteiger charge is -2.08. The number of pyridine rings is 1. The van der Waals surface area contributed by atoms with E-state index in [1.807, 2.05) is 12.3 Å². The van der Waals surface area contributed by atoms with Gasteiger partial charge in [0, 0.05) is 17.6 Å². The van der Waals surface area contributed by atoms with Crippen LogP contribution in [0.2, 0.25) is 5.15 Å². The molecule has 0 fully saturated rings. The van der Waals surface area contributed by atoms with Gasteiger partial charge in [-0.1, -0.05) is 11.6 Å². The van der Waals surface area contributed by atoms with Gasteiger partial charge in [0.15, 0.2) is 0 Å². The van der Waals surface area contributed by atoms with E-state index in [0.717, 1.165) is 10.9 Å². The highest BCUT2D eigenvalue weighted by atomic mass is 35.5. The molecule has 2 aromatic heterocycles. The van der Waals surface area contributed by atoms with Crippen LogP contribution in [-0.4, -0.2) is 9.55 Å². The Hall–Kier alpha value is -1.02. The summed E-state index contributed by atoms with van der Waals surface area (Å²) in [6.07, 6.45) is 3.88. The normalized spacial score (nSPS) is 11.4. The Morgan fingerprint density at radius 1 is 1.46 bits per heavy atom. The highest BCUT2D eigenvalue weighted by Crippen LogP contribution is 2.21. The first kappa shape index (κ1) is 8.57. The third kappa shape index (κ3) is 1.42. The predicted molar refractivity (Wildman–Crippen MR) is 55.1 cm³/mol. The quantitative estimate of drug-likeness (QED) is 0.638. The van der Waals surface area contributed by atoms with Crippen LogP contribution < -0.4 is 0 Å². The Morgan fingerprint density at radius 3 is 2.92 bits per heavy atom. The summed E-state index contributed by atoms with van der Waals surface area (Å²) in [5.74, 6) is 0. The molecule has 2 rings (SSSR count). The lowest BCUT2D eigenvalue weighted by molar-refractivity contribution is 0.622. The molecule has 0 aliphatic rings. The van der Waals surface area contributed by atoms with Crippen LogP contribution in [0.3, 0.4) is 0 Å². The summed E-state index contributed by atoms with van der Waals surface area (Å²) in [6, 6.07) is 4.40. The third-order valence-corrected chi connectivity index (χ3v) is 2.34. The van der Waals surface area contributed by atoms with Crippen molar-refractivity contribution < 1.29 is 0 Å². The fraction of sp³-hybridized carbons (Fsp3) is 0.300. The Kier molecular flexibility index (Phi) is 2.00. The van der Waals surface area contributed by atoms with E-state index in [-0.39, 0.29) is 0 Å². The van der Waals surface area contributed by atoms with Crippen molar-refractivity contribution in [3.8, 4) is 0 Å². The van der Waals surface area contributed by atoms with E-state index >= 15 is 0 Å². The summed E-state index contributed by atoms with van der Waals surface area (Å²) in [6.45, 7) is 4.29. The van der Waals surface area contributed by atoms with Crippen LogP contribution in [0, 0.1) is 0 Å². The lowest BCUT2D eigenvalue weighted by Crippen LogP contribution is -1.97. The van der Waals surface area contributed by atoms with Crippen LogP contribution in [-0.2, 0) is 0 Å². The van der Waals surface area contributed by atoms with Crippen molar-refractivity contribution in [1.82, 2.24) is 9.55 Å². The van der Waals surface area contributed by atoms with Gasteiger partial charge in [-0.15, -0.1) is 0 Å². The molecule has 0 spiro atoms. The predicted octanol–water partition coefficient (Wildman–Crippen LogP) is 3.27. The van der Waals surface area contributed by atoms with E-state index in [1.54, 1.807) is 0 Å². The zero-order valence-electron chi connectivity index (χ0n) is 7.66. The first-order chi connectivity index (χ1) is 6.18. The zero-order chi connectivity index (χ0) is 9.42. The first-order valence-corrected chi connectivity index (χ1v) is 4.68. The van der Waals surface area contributed by atoms with E-state index in [4.69, 9.17) is 11.6 Å². The number of rotatable bonds is 1. The van der Waals surface area contributed by atoms with Crippen molar-refractivity contribution in [2.24, 2.45) is 0 Å². The highest BCUT2D eigenvalue weighted by molar-refractivity contribution is 6.30. The molecule has 68 valence electrons. The smallest absolute Gasteiger partial charge is 0.129 e. The monoisotopic (exact) mass is 194 g/mol. The summed E-state index contributed by atoms with van der Waals surface area (Å²) >= 11 is 5.79. The Morgan fingerprint density at radius 2 is 2.23 bits per heavy atom. The van der Waals surface area contributed by atoms with Crippen LogP contribution in [0.4, 0.5) is 0 Å². The number of aromatic nitrogens is 2. The van der Waals surface area contributed by atoms with Gasteiger partial charge in [0.25, 0.3) is 0 Å². The molecule has 0 amide bonds. The zero-order valence-corrected chi connectivity index (χ0v) is 8.42. The van der Waals surface area contributed by atoms with Crippen molar-refractivity contribution in [3.05, 3.63) is 29.7 Å². The topological polar surface area (TPSA) is 17.8 Å². The van der Waals surface area contributed by atoms with Gasteiger partial charge >= 0.3 is 0 Å². The number of hydrogen-bond donors (Lipinski definition) is 0. The van der Waals surface area contributed by atoms with Gasteiger partial charge in [0.2, 0.25) is 0 Å². The summed E-state index contributed by atoms with van der Waals surface area (Å²) in [5, 5.41) is 1.70. The fourth-order valence-corrected chi connectivity index (χ4v) is 1.64. The molecule has 2 heterocycles. The van der Waals surface area contributed by atoms with Gasteiger partial charge < -0.3 is 4.57 Å². The standard InChI is InChI=1S/C10H11ClN2/c1-7(2)13-4-3-8-5-10(11)12-6-9(8)13/h3-7H,1-2H3. The van der Waals surface area contributed by atoms with Crippen molar-refractivity contribution in [2.75, 3.05) is 0 Å². The largest absolute Gasteiger partial charge is 0.344 e. The summed E-state index contributed by atoms with van der Waals surface area (Å²) < 4.78 is 2.18. The molecule has 0 radical (unpaired) electrons. The maximum atomic E-state index is 5.79. The average molecular weight is 195 g/mol. The molecule has 0 unspecified atom stereocenters. The molecule has 0 saturated heterocycles. The number of hydrogen-bond acceptors (Lipinski definition) is 1. The molecule has 0 aromatic carbocycles. The third-order valence-electron chi connectivity index (χ3n) is 2.13. The second kappa shape index (κ2) is 3.04. The molecule has 0 N–H and O–H groups in total. The summed E-state index contributed by atoms with van der Waals surface area (Å²) in [4.78, 5) is 4.07. The molecule has 13 heavy (non-hydrogen) atoms. The molecule has 0 saturated carbocycles. The van der Waals surface area contributed by atoms with E-state index < -0.39 is 0 Å². The van der Waals surface area contributed by atoms with Gasteiger partial charge in [-0.25, -0.2) is 4.98 Å². The van der Waals surface area contributed by atoms with Crippen molar-refractivity contribution in [1.29, 1.82) is 0 Å². The van der Waals surface area contributed by atoms with Crippen molar-refractivity contribution in [3.63, 3.8) is 0 Å². The molecule has 0 aliphatic heterocycles. The van der Waals surface area contributed by atoms with Gasteiger partial charge in [-0.2, -0.15) is 0 Å². The lowest BCUT2D eigenvalue weighted by atomic mass is 10.3. The van der Waals surface area contributed by atoms with Crippen LogP contribution in [0.5, 0.6) is 0 Å². The second-order valence-corrected chi connectivity index (χ2v) is 3.77. The number of halogens is 1. The van der Waals surface area contributed by atoms with Gasteiger partial charge in [0.05, 0.1) is 11.7 Å². The Balaban J connectivity index is 2.69. The highest BCUT2D eigenvalue weighted by Gasteiger charge is 2.04. The molecule has 2 nitrogen and oxygen atoms in total. The van der Waals surface area contributed by atoms with E-state index in [1.165, 1.54) is 0 Å². The van der Waals surface area contributed by atoms with Gasteiger partial charge in [0.1, 0.15) is 5.15 Å². The minimum Gasteiger partial charge on any atom is -0.344 e. The maximum Gasteiger partial charge on any atom is 0.129 e. The second-order valence-electron chi connectivity index (χ2n) is 3.38. The number of fused-ring (bicyclic) bond motifs is 1. The van der Waals surface area contributed by atoms with E-state index in [9.17, 15) is 0 Å². The summed E-state index contributed by atoms with van der Waals surface area (Å²) in [5.41, 5.74) is 1.14. The SMILES string of the molecule is CC(C)n1ccc2cc(Cl)ncc21. The molecule has 2 aromatic rings. The van der Waals surface area contributed by atoms with Crippen LogP contribution in [0.15, 0.2) is 24.5 Å².